The second-order valence-corrected chi connectivity index (χ2v) is 4.36. The molecule has 3 rings (SSSR count). The SMILES string of the molecule is NCc1ccc(OCc2nc(-c3ccccn3)no2)cc1. The Kier molecular flexibility index (Phi) is 3.88. The third-order valence-electron chi connectivity index (χ3n) is 2.88. The predicted molar refractivity (Wildman–Crippen MR) is 76.2 cm³/mol. The first-order chi connectivity index (χ1) is 10.3. The van der Waals surface area contributed by atoms with Crippen LogP contribution in [0.5, 0.6) is 5.75 Å². The zero-order chi connectivity index (χ0) is 14.5. The lowest BCUT2D eigenvalue weighted by Gasteiger charge is -2.03. The zero-order valence-electron chi connectivity index (χ0n) is 11.3. The van der Waals surface area contributed by atoms with E-state index in [1.165, 1.54) is 0 Å². The Hall–Kier alpha value is -2.73. The number of rotatable bonds is 5. The van der Waals surface area contributed by atoms with Gasteiger partial charge in [0.2, 0.25) is 5.82 Å². The maximum atomic E-state index is 5.58. The smallest absolute Gasteiger partial charge is 0.264 e. The molecule has 6 nitrogen and oxygen atoms in total. The monoisotopic (exact) mass is 282 g/mol. The van der Waals surface area contributed by atoms with E-state index in [0.29, 0.717) is 24.0 Å². The lowest BCUT2D eigenvalue weighted by Crippen LogP contribution is -1.98. The van der Waals surface area contributed by atoms with Crippen molar-refractivity contribution in [2.45, 2.75) is 13.2 Å². The molecule has 0 amide bonds. The molecule has 2 aromatic heterocycles. The van der Waals surface area contributed by atoms with Crippen molar-refractivity contribution in [3.8, 4) is 17.3 Å². The molecule has 0 atom stereocenters. The van der Waals surface area contributed by atoms with Gasteiger partial charge in [-0.2, -0.15) is 4.98 Å². The van der Waals surface area contributed by atoms with Gasteiger partial charge in [0, 0.05) is 12.7 Å². The highest BCUT2D eigenvalue weighted by Gasteiger charge is 2.09. The first-order valence-electron chi connectivity index (χ1n) is 6.51. The van der Waals surface area contributed by atoms with Crippen molar-refractivity contribution in [3.63, 3.8) is 0 Å². The second kappa shape index (κ2) is 6.15. The summed E-state index contributed by atoms with van der Waals surface area (Å²) in [4.78, 5) is 8.41. The number of ether oxygens (including phenoxy) is 1. The van der Waals surface area contributed by atoms with Crippen LogP contribution >= 0.6 is 0 Å². The molecule has 0 aliphatic rings. The highest BCUT2D eigenvalue weighted by Crippen LogP contribution is 2.15. The third-order valence-corrected chi connectivity index (χ3v) is 2.88. The molecule has 0 radical (unpaired) electrons. The summed E-state index contributed by atoms with van der Waals surface area (Å²) >= 11 is 0. The molecular formula is C15H14N4O2. The Morgan fingerprint density at radius 3 is 2.67 bits per heavy atom. The van der Waals surface area contributed by atoms with E-state index < -0.39 is 0 Å². The quantitative estimate of drug-likeness (QED) is 0.771. The van der Waals surface area contributed by atoms with Crippen LogP contribution in [0.15, 0.2) is 53.2 Å². The van der Waals surface area contributed by atoms with Gasteiger partial charge >= 0.3 is 0 Å². The lowest BCUT2D eigenvalue weighted by molar-refractivity contribution is 0.243. The number of nitrogens with zero attached hydrogens (tertiary/aromatic N) is 3. The van der Waals surface area contributed by atoms with Gasteiger partial charge < -0.3 is 15.0 Å². The number of aromatic nitrogens is 3. The second-order valence-electron chi connectivity index (χ2n) is 4.36. The Balaban J connectivity index is 1.64. The van der Waals surface area contributed by atoms with Crippen LogP contribution in [0.25, 0.3) is 11.5 Å². The fraction of sp³-hybridized carbons (Fsp3) is 0.133. The molecule has 0 fully saturated rings. The van der Waals surface area contributed by atoms with Gasteiger partial charge in [0.15, 0.2) is 6.61 Å². The molecule has 0 unspecified atom stereocenters. The van der Waals surface area contributed by atoms with Crippen LogP contribution in [-0.2, 0) is 13.2 Å². The van der Waals surface area contributed by atoms with E-state index in [9.17, 15) is 0 Å². The number of pyridine rings is 1. The Morgan fingerprint density at radius 2 is 1.95 bits per heavy atom. The Bertz CT molecular complexity index is 695. The summed E-state index contributed by atoms with van der Waals surface area (Å²) in [6, 6.07) is 13.1. The molecule has 3 aromatic rings. The van der Waals surface area contributed by atoms with Crippen LogP contribution in [-0.4, -0.2) is 15.1 Å². The number of nitrogens with two attached hydrogens (primary N) is 1. The van der Waals surface area contributed by atoms with Crippen molar-refractivity contribution in [3.05, 3.63) is 60.1 Å². The molecule has 106 valence electrons. The van der Waals surface area contributed by atoms with E-state index >= 15 is 0 Å². The highest BCUT2D eigenvalue weighted by molar-refractivity contribution is 5.46. The van der Waals surface area contributed by atoms with Crippen molar-refractivity contribution in [1.82, 2.24) is 15.1 Å². The van der Waals surface area contributed by atoms with Crippen LogP contribution in [0.1, 0.15) is 11.5 Å². The fourth-order valence-corrected chi connectivity index (χ4v) is 1.78. The van der Waals surface area contributed by atoms with Crippen molar-refractivity contribution in [1.29, 1.82) is 0 Å². The molecule has 0 bridgehead atoms. The van der Waals surface area contributed by atoms with Gasteiger partial charge in [0.25, 0.3) is 5.89 Å². The van der Waals surface area contributed by atoms with Gasteiger partial charge in [-0.05, 0) is 29.8 Å². The van der Waals surface area contributed by atoms with E-state index in [2.05, 4.69) is 15.1 Å². The molecule has 0 spiro atoms. The van der Waals surface area contributed by atoms with Gasteiger partial charge in [0.1, 0.15) is 11.4 Å². The summed E-state index contributed by atoms with van der Waals surface area (Å²) in [6.07, 6.45) is 1.68. The minimum atomic E-state index is 0.210. The fourth-order valence-electron chi connectivity index (χ4n) is 1.78. The van der Waals surface area contributed by atoms with Gasteiger partial charge in [-0.15, -0.1) is 0 Å². The van der Waals surface area contributed by atoms with Crippen LogP contribution in [0, 0.1) is 0 Å². The summed E-state index contributed by atoms with van der Waals surface area (Å²) < 4.78 is 10.7. The number of hydrogen-bond donors (Lipinski definition) is 1. The van der Waals surface area contributed by atoms with E-state index in [0.717, 1.165) is 11.3 Å². The summed E-state index contributed by atoms with van der Waals surface area (Å²) in [6.45, 7) is 0.721. The zero-order valence-corrected chi connectivity index (χ0v) is 11.3. The summed E-state index contributed by atoms with van der Waals surface area (Å²) in [5.74, 6) is 1.58. The van der Waals surface area contributed by atoms with Gasteiger partial charge in [-0.1, -0.05) is 23.4 Å². The minimum absolute atomic E-state index is 0.210. The first-order valence-corrected chi connectivity index (χ1v) is 6.51. The van der Waals surface area contributed by atoms with Crippen molar-refractivity contribution < 1.29 is 9.26 Å². The van der Waals surface area contributed by atoms with E-state index in [1.54, 1.807) is 6.20 Å². The molecule has 0 aliphatic heterocycles. The minimum Gasteiger partial charge on any atom is -0.484 e. The molecule has 21 heavy (non-hydrogen) atoms. The van der Waals surface area contributed by atoms with Gasteiger partial charge in [0.05, 0.1) is 0 Å². The van der Waals surface area contributed by atoms with Gasteiger partial charge in [-0.25, -0.2) is 0 Å². The summed E-state index contributed by atoms with van der Waals surface area (Å²) in [5, 5.41) is 3.88. The van der Waals surface area contributed by atoms with Crippen LogP contribution in [0.3, 0.4) is 0 Å². The maximum Gasteiger partial charge on any atom is 0.264 e. The summed E-state index contributed by atoms with van der Waals surface area (Å²) in [5.41, 5.74) is 7.26. The maximum absolute atomic E-state index is 5.58. The first kappa shape index (κ1) is 13.3. The average Bonchev–Trinajstić information content (AvgIpc) is 3.03. The molecule has 0 saturated heterocycles. The van der Waals surface area contributed by atoms with Crippen LogP contribution < -0.4 is 10.5 Å². The largest absolute Gasteiger partial charge is 0.484 e. The molecule has 0 saturated carbocycles. The molecule has 2 heterocycles. The van der Waals surface area contributed by atoms with Crippen molar-refractivity contribution >= 4 is 0 Å². The van der Waals surface area contributed by atoms with Crippen molar-refractivity contribution in [2.75, 3.05) is 0 Å². The predicted octanol–water partition coefficient (Wildman–Crippen LogP) is 2.17. The number of benzene rings is 1. The number of hydrogen-bond acceptors (Lipinski definition) is 6. The normalized spacial score (nSPS) is 10.5. The highest BCUT2D eigenvalue weighted by atomic mass is 16.5. The van der Waals surface area contributed by atoms with E-state index in [1.807, 2.05) is 42.5 Å². The molecule has 6 heteroatoms. The Morgan fingerprint density at radius 1 is 1.10 bits per heavy atom. The standard InChI is InChI=1S/C15H14N4O2/c16-9-11-4-6-12(7-5-11)20-10-14-18-15(19-21-14)13-3-1-2-8-17-13/h1-8H,9-10,16H2. The molecular weight excluding hydrogens is 268 g/mol. The van der Waals surface area contributed by atoms with E-state index in [4.69, 9.17) is 15.0 Å². The third kappa shape index (κ3) is 3.24. The van der Waals surface area contributed by atoms with E-state index in [-0.39, 0.29) is 6.61 Å². The Labute approximate surface area is 121 Å². The van der Waals surface area contributed by atoms with Crippen LogP contribution in [0.2, 0.25) is 0 Å². The van der Waals surface area contributed by atoms with Crippen molar-refractivity contribution in [2.24, 2.45) is 5.73 Å². The van der Waals surface area contributed by atoms with Crippen LogP contribution in [0.4, 0.5) is 0 Å². The summed E-state index contributed by atoms with van der Waals surface area (Å²) in [7, 11) is 0. The molecule has 0 aliphatic carbocycles. The average molecular weight is 282 g/mol. The molecule has 1 aromatic carbocycles. The van der Waals surface area contributed by atoms with Gasteiger partial charge in [-0.3, -0.25) is 4.98 Å². The topological polar surface area (TPSA) is 87.1 Å². The lowest BCUT2D eigenvalue weighted by atomic mass is 10.2. The molecule has 2 N–H and O–H groups in total.